The summed E-state index contributed by atoms with van der Waals surface area (Å²) in [6.45, 7) is 2.59. The molecule has 31 heavy (non-hydrogen) atoms. The maximum atomic E-state index is 12.7. The second-order valence-corrected chi connectivity index (χ2v) is 7.49. The molecule has 2 heterocycles. The van der Waals surface area contributed by atoms with E-state index in [2.05, 4.69) is 15.8 Å². The summed E-state index contributed by atoms with van der Waals surface area (Å²) in [5, 5.41) is 8.26. The molecule has 2 N–H and O–H groups in total. The lowest BCUT2D eigenvalue weighted by molar-refractivity contribution is -0.135. The van der Waals surface area contributed by atoms with Gasteiger partial charge in [-0.3, -0.25) is 4.79 Å². The summed E-state index contributed by atoms with van der Waals surface area (Å²) in [6.07, 6.45) is 3.44. The Balaban J connectivity index is 1.44. The smallest absolute Gasteiger partial charge is 0.339 e. The maximum Gasteiger partial charge on any atom is 0.339 e. The normalized spacial score (nSPS) is 14.2. The topological polar surface area (TPSA) is 88.0 Å². The summed E-state index contributed by atoms with van der Waals surface area (Å²) in [4.78, 5) is 26.5. The first-order valence-electron chi connectivity index (χ1n) is 9.89. The second kappa shape index (κ2) is 9.63. The number of aromatic nitrogens is 1. The van der Waals surface area contributed by atoms with Crippen LogP contribution in [-0.4, -0.2) is 53.9 Å². The first kappa shape index (κ1) is 20.9. The summed E-state index contributed by atoms with van der Waals surface area (Å²) in [7, 11) is 0. The number of rotatable bonds is 5. The number of fused-ring (bicyclic) bond motifs is 1. The van der Waals surface area contributed by atoms with Crippen LogP contribution in [0.4, 0.5) is 10.5 Å². The summed E-state index contributed by atoms with van der Waals surface area (Å²) >= 11 is 5.84. The number of benzene rings is 2. The van der Waals surface area contributed by atoms with Crippen molar-refractivity contribution >= 4 is 46.3 Å². The average Bonchev–Trinajstić information content (AvgIpc) is 3.13. The number of urea groups is 1. The maximum absolute atomic E-state index is 12.7. The van der Waals surface area contributed by atoms with Gasteiger partial charge in [-0.1, -0.05) is 29.8 Å². The third kappa shape index (κ3) is 5.22. The van der Waals surface area contributed by atoms with Crippen molar-refractivity contribution in [2.75, 3.05) is 31.6 Å². The molecule has 2 aromatic carbocycles. The Labute approximate surface area is 184 Å². The van der Waals surface area contributed by atoms with Crippen molar-refractivity contribution < 1.29 is 14.3 Å². The van der Waals surface area contributed by atoms with Gasteiger partial charge in [-0.2, -0.15) is 5.10 Å². The monoisotopic (exact) mass is 439 g/mol. The number of carbonyl (C=O) groups excluding carboxylic acids is 2. The molecule has 9 heteroatoms. The number of amides is 3. The van der Waals surface area contributed by atoms with Crippen molar-refractivity contribution in [3.8, 4) is 0 Å². The fourth-order valence-corrected chi connectivity index (χ4v) is 3.55. The van der Waals surface area contributed by atoms with E-state index in [0.29, 0.717) is 37.0 Å². The number of anilines is 1. The van der Waals surface area contributed by atoms with Crippen LogP contribution in [0.5, 0.6) is 0 Å². The third-order valence-corrected chi connectivity index (χ3v) is 5.21. The van der Waals surface area contributed by atoms with Gasteiger partial charge in [0.25, 0.3) is 0 Å². The number of nitrogens with one attached hydrogen (secondary N) is 2. The molecule has 1 fully saturated rings. The Morgan fingerprint density at radius 1 is 1.10 bits per heavy atom. The fourth-order valence-electron chi connectivity index (χ4n) is 3.42. The number of hydrogen-bond donors (Lipinski definition) is 2. The minimum Gasteiger partial charge on any atom is -0.378 e. The van der Waals surface area contributed by atoms with Crippen molar-refractivity contribution in [3.05, 3.63) is 65.3 Å². The van der Waals surface area contributed by atoms with Crippen LogP contribution in [0.2, 0.25) is 5.02 Å². The van der Waals surface area contributed by atoms with Crippen molar-refractivity contribution in [3.63, 3.8) is 0 Å². The molecule has 3 aromatic rings. The van der Waals surface area contributed by atoms with Crippen molar-refractivity contribution in [1.82, 2.24) is 14.9 Å². The zero-order valence-corrected chi connectivity index (χ0v) is 17.5. The zero-order chi connectivity index (χ0) is 21.6. The molecule has 0 aliphatic carbocycles. The molecule has 8 nitrogen and oxygen atoms in total. The van der Waals surface area contributed by atoms with Gasteiger partial charge >= 0.3 is 6.03 Å². The number of ether oxygens (including phenoxy) is 1. The van der Waals surface area contributed by atoms with Gasteiger partial charge < -0.3 is 19.5 Å². The highest BCUT2D eigenvalue weighted by Crippen LogP contribution is 2.20. The molecule has 1 aromatic heterocycles. The van der Waals surface area contributed by atoms with Crippen LogP contribution in [0.25, 0.3) is 10.9 Å². The summed E-state index contributed by atoms with van der Waals surface area (Å²) in [5.41, 5.74) is 4.79. The molecule has 0 bridgehead atoms. The van der Waals surface area contributed by atoms with Crippen LogP contribution in [0.15, 0.2) is 59.8 Å². The van der Waals surface area contributed by atoms with Gasteiger partial charge in [0.05, 0.1) is 19.4 Å². The van der Waals surface area contributed by atoms with E-state index in [1.54, 1.807) is 30.5 Å². The average molecular weight is 440 g/mol. The van der Waals surface area contributed by atoms with Crippen molar-refractivity contribution in [2.24, 2.45) is 5.10 Å². The SMILES string of the molecule is O=C(N/N=C/c1cn(CC(=O)N2CCOCC2)c2ccccc12)Nc1ccc(Cl)cc1. The van der Waals surface area contributed by atoms with Gasteiger partial charge in [-0.25, -0.2) is 10.2 Å². The number of hydrogen-bond acceptors (Lipinski definition) is 4. The number of halogens is 1. The number of hydrazone groups is 1. The largest absolute Gasteiger partial charge is 0.378 e. The lowest BCUT2D eigenvalue weighted by Gasteiger charge is -2.27. The molecule has 1 aliphatic heterocycles. The Morgan fingerprint density at radius 2 is 1.84 bits per heavy atom. The Bertz CT molecular complexity index is 1100. The van der Waals surface area contributed by atoms with Gasteiger partial charge in [0.15, 0.2) is 0 Å². The molecule has 1 aliphatic rings. The van der Waals surface area contributed by atoms with Crippen LogP contribution in [0, 0.1) is 0 Å². The third-order valence-electron chi connectivity index (χ3n) is 4.96. The molecule has 0 radical (unpaired) electrons. The number of para-hydroxylation sites is 1. The molecular formula is C22H22ClN5O3. The van der Waals surface area contributed by atoms with E-state index in [4.69, 9.17) is 16.3 Å². The van der Waals surface area contributed by atoms with Crippen LogP contribution < -0.4 is 10.7 Å². The number of carbonyl (C=O) groups is 2. The summed E-state index contributed by atoms with van der Waals surface area (Å²) < 4.78 is 7.22. The minimum absolute atomic E-state index is 0.0491. The predicted octanol–water partition coefficient (Wildman–Crippen LogP) is 3.31. The lowest BCUT2D eigenvalue weighted by atomic mass is 10.2. The van der Waals surface area contributed by atoms with E-state index in [9.17, 15) is 9.59 Å². The van der Waals surface area contributed by atoms with Crippen molar-refractivity contribution in [1.29, 1.82) is 0 Å². The van der Waals surface area contributed by atoms with Gasteiger partial charge in [-0.15, -0.1) is 0 Å². The van der Waals surface area contributed by atoms with Gasteiger partial charge in [0.2, 0.25) is 5.91 Å². The van der Waals surface area contributed by atoms with E-state index in [1.807, 2.05) is 39.9 Å². The first-order valence-corrected chi connectivity index (χ1v) is 10.3. The summed E-state index contributed by atoms with van der Waals surface area (Å²) in [6, 6.07) is 14.1. The molecule has 3 amide bonds. The highest BCUT2D eigenvalue weighted by Gasteiger charge is 2.18. The van der Waals surface area contributed by atoms with E-state index < -0.39 is 6.03 Å². The molecule has 160 valence electrons. The first-order chi connectivity index (χ1) is 15.1. The van der Waals surface area contributed by atoms with E-state index >= 15 is 0 Å². The second-order valence-electron chi connectivity index (χ2n) is 7.05. The highest BCUT2D eigenvalue weighted by molar-refractivity contribution is 6.30. The van der Waals surface area contributed by atoms with Crippen LogP contribution in [0.3, 0.4) is 0 Å². The quantitative estimate of drug-likeness (QED) is 0.472. The molecule has 1 saturated heterocycles. The Morgan fingerprint density at radius 3 is 2.61 bits per heavy atom. The lowest BCUT2D eigenvalue weighted by Crippen LogP contribution is -2.42. The molecule has 0 unspecified atom stereocenters. The van der Waals surface area contributed by atoms with Gasteiger partial charge in [-0.05, 0) is 30.3 Å². The van der Waals surface area contributed by atoms with Crippen LogP contribution in [-0.2, 0) is 16.1 Å². The summed E-state index contributed by atoms with van der Waals surface area (Å²) in [5.74, 6) is 0.0491. The number of morpholine rings is 1. The van der Waals surface area contributed by atoms with E-state index in [-0.39, 0.29) is 12.5 Å². The molecule has 0 saturated carbocycles. The molecule has 0 atom stereocenters. The molecule has 0 spiro atoms. The van der Waals surface area contributed by atoms with Crippen LogP contribution in [0.1, 0.15) is 5.56 Å². The Kier molecular flexibility index (Phi) is 6.49. The molecular weight excluding hydrogens is 418 g/mol. The van der Waals surface area contributed by atoms with Gasteiger partial charge in [0, 0.05) is 46.5 Å². The minimum atomic E-state index is -0.468. The predicted molar refractivity (Wildman–Crippen MR) is 121 cm³/mol. The zero-order valence-electron chi connectivity index (χ0n) is 16.8. The highest BCUT2D eigenvalue weighted by atomic mass is 35.5. The standard InChI is InChI=1S/C22H22ClN5O3/c23-17-5-7-18(8-6-17)25-22(30)26-24-13-16-14-28(20-4-2-1-3-19(16)20)15-21(29)27-9-11-31-12-10-27/h1-8,13-14H,9-12,15H2,(H2,25,26,30)/b24-13+. The van der Waals surface area contributed by atoms with Crippen molar-refractivity contribution in [2.45, 2.75) is 6.54 Å². The molecule has 4 rings (SSSR count). The fraction of sp³-hybridized carbons (Fsp3) is 0.227. The van der Waals surface area contributed by atoms with E-state index in [1.165, 1.54) is 0 Å². The van der Waals surface area contributed by atoms with E-state index in [0.717, 1.165) is 16.5 Å². The number of nitrogens with zero attached hydrogens (tertiary/aromatic N) is 3. The van der Waals surface area contributed by atoms with Crippen LogP contribution >= 0.6 is 11.6 Å². The van der Waals surface area contributed by atoms with Gasteiger partial charge in [0.1, 0.15) is 6.54 Å². The Hall–Kier alpha value is -3.36.